The first-order valence-corrected chi connectivity index (χ1v) is 8.72. The van der Waals surface area contributed by atoms with E-state index in [4.69, 9.17) is 14.6 Å². The van der Waals surface area contributed by atoms with Crippen LogP contribution in [0.2, 0.25) is 0 Å². The number of aryl methyl sites for hydroxylation is 2. The lowest BCUT2D eigenvalue weighted by Gasteiger charge is -2.14. The number of rotatable bonds is 6. The summed E-state index contributed by atoms with van der Waals surface area (Å²) in [5.74, 6) is 1.81. The molecule has 0 spiro atoms. The molecule has 3 aromatic rings. The van der Waals surface area contributed by atoms with Gasteiger partial charge in [-0.1, -0.05) is 12.1 Å². The third kappa shape index (κ3) is 4.06. The molecule has 146 valence electrons. The van der Waals surface area contributed by atoms with Gasteiger partial charge in [-0.15, -0.1) is 0 Å². The molecule has 3 rings (SSSR count). The van der Waals surface area contributed by atoms with Crippen molar-refractivity contribution in [2.24, 2.45) is 0 Å². The van der Waals surface area contributed by atoms with E-state index in [2.05, 4.69) is 15.3 Å². The monoisotopic (exact) mass is 382 g/mol. The first kappa shape index (κ1) is 19.2. The molecule has 1 atom stereocenters. The molecule has 0 aliphatic rings. The van der Waals surface area contributed by atoms with Gasteiger partial charge in [-0.2, -0.15) is 4.98 Å². The molecule has 0 unspecified atom stereocenters. The predicted octanol–water partition coefficient (Wildman–Crippen LogP) is 4.01. The zero-order valence-electron chi connectivity index (χ0n) is 16.1. The van der Waals surface area contributed by atoms with Gasteiger partial charge in [-0.05, 0) is 50.6 Å². The second-order valence-corrected chi connectivity index (χ2v) is 6.33. The van der Waals surface area contributed by atoms with Crippen LogP contribution in [0.3, 0.4) is 0 Å². The van der Waals surface area contributed by atoms with Gasteiger partial charge in [0.15, 0.2) is 0 Å². The average Bonchev–Trinajstić information content (AvgIpc) is 3.00. The van der Waals surface area contributed by atoms with Gasteiger partial charge in [-0.25, -0.2) is 9.78 Å². The molecule has 0 bridgehead atoms. The third-order valence-corrected chi connectivity index (χ3v) is 4.32. The third-order valence-electron chi connectivity index (χ3n) is 4.32. The van der Waals surface area contributed by atoms with Gasteiger partial charge in [0.05, 0.1) is 19.3 Å². The highest BCUT2D eigenvalue weighted by Crippen LogP contribution is 2.27. The van der Waals surface area contributed by atoms with Crippen LogP contribution in [0.25, 0.3) is 5.82 Å². The molecular weight excluding hydrogens is 360 g/mol. The molecule has 0 saturated carbocycles. The van der Waals surface area contributed by atoms with Gasteiger partial charge < -0.3 is 19.9 Å². The zero-order valence-corrected chi connectivity index (χ0v) is 16.1. The van der Waals surface area contributed by atoms with Crippen molar-refractivity contribution in [2.45, 2.75) is 26.8 Å². The van der Waals surface area contributed by atoms with Crippen molar-refractivity contribution in [3.8, 4) is 23.3 Å². The molecule has 2 N–H and O–H groups in total. The number of nitrogens with one attached hydrogen (secondary N) is 1. The highest BCUT2D eigenvalue weighted by atomic mass is 16.5. The minimum Gasteiger partial charge on any atom is -0.478 e. The average molecular weight is 382 g/mol. The molecule has 1 aromatic carbocycles. The smallest absolute Gasteiger partial charge is 0.405 e. The van der Waals surface area contributed by atoms with Crippen LogP contribution in [0.15, 0.2) is 42.6 Å². The number of amides is 1. The summed E-state index contributed by atoms with van der Waals surface area (Å²) in [6.07, 6.45) is 0.475. The van der Waals surface area contributed by atoms with Crippen LogP contribution in [-0.2, 0) is 0 Å². The first-order valence-electron chi connectivity index (χ1n) is 8.72. The summed E-state index contributed by atoms with van der Waals surface area (Å²) in [5, 5.41) is 11.2. The van der Waals surface area contributed by atoms with Gasteiger partial charge in [0.2, 0.25) is 11.7 Å². The van der Waals surface area contributed by atoms with Gasteiger partial charge in [0, 0.05) is 11.4 Å². The van der Waals surface area contributed by atoms with E-state index in [1.54, 1.807) is 37.4 Å². The van der Waals surface area contributed by atoms with E-state index in [-0.39, 0.29) is 6.04 Å². The molecule has 0 radical (unpaired) electrons. The number of nitrogens with zero attached hydrogens (tertiary/aromatic N) is 3. The number of hydrogen-bond acceptors (Lipinski definition) is 5. The summed E-state index contributed by atoms with van der Waals surface area (Å²) in [6, 6.07) is 10.8. The minimum atomic E-state index is -1.07. The van der Waals surface area contributed by atoms with Crippen molar-refractivity contribution in [1.29, 1.82) is 0 Å². The first-order chi connectivity index (χ1) is 13.4. The fourth-order valence-corrected chi connectivity index (χ4v) is 2.91. The molecule has 2 heterocycles. The van der Waals surface area contributed by atoms with Crippen LogP contribution >= 0.6 is 0 Å². The van der Waals surface area contributed by atoms with E-state index in [0.29, 0.717) is 23.3 Å². The van der Waals surface area contributed by atoms with E-state index in [1.807, 2.05) is 30.5 Å². The van der Waals surface area contributed by atoms with Gasteiger partial charge in [0.25, 0.3) is 5.88 Å². The Hall–Kier alpha value is -3.55. The Balaban J connectivity index is 1.81. The van der Waals surface area contributed by atoms with Crippen LogP contribution < -0.4 is 14.8 Å². The lowest BCUT2D eigenvalue weighted by atomic mass is 10.1. The summed E-state index contributed by atoms with van der Waals surface area (Å²) >= 11 is 0. The molecule has 8 nitrogen and oxygen atoms in total. The molecule has 8 heteroatoms. The second kappa shape index (κ2) is 7.99. The summed E-state index contributed by atoms with van der Waals surface area (Å²) in [5.41, 5.74) is 2.88. The maximum Gasteiger partial charge on any atom is 0.405 e. The fraction of sp³-hybridized carbons (Fsp3) is 0.250. The topological polar surface area (TPSA) is 98.5 Å². The molecule has 28 heavy (non-hydrogen) atoms. The molecular formula is C20H22N4O4. The largest absolute Gasteiger partial charge is 0.478 e. The number of hydrogen-bond donors (Lipinski definition) is 2. The van der Waals surface area contributed by atoms with E-state index in [0.717, 1.165) is 17.0 Å². The second-order valence-electron chi connectivity index (χ2n) is 6.33. The Morgan fingerprint density at radius 3 is 2.36 bits per heavy atom. The quantitative estimate of drug-likeness (QED) is 0.668. The van der Waals surface area contributed by atoms with Crippen molar-refractivity contribution >= 4 is 6.09 Å². The van der Waals surface area contributed by atoms with Gasteiger partial charge in [0.1, 0.15) is 5.75 Å². The molecule has 1 amide bonds. The van der Waals surface area contributed by atoms with E-state index in [1.165, 1.54) is 7.11 Å². The Kier molecular flexibility index (Phi) is 5.49. The van der Waals surface area contributed by atoms with E-state index >= 15 is 0 Å². The lowest BCUT2D eigenvalue weighted by Crippen LogP contribution is -2.24. The summed E-state index contributed by atoms with van der Waals surface area (Å²) in [4.78, 5) is 19.6. The number of aromatic nitrogens is 3. The molecule has 0 saturated heterocycles. The number of ether oxygens (including phenoxy) is 2. The van der Waals surface area contributed by atoms with Crippen LogP contribution in [0.5, 0.6) is 17.5 Å². The van der Waals surface area contributed by atoms with Crippen molar-refractivity contribution in [3.05, 3.63) is 59.5 Å². The highest BCUT2D eigenvalue weighted by Gasteiger charge is 2.15. The van der Waals surface area contributed by atoms with Crippen LogP contribution in [-0.4, -0.2) is 32.8 Å². The van der Waals surface area contributed by atoms with Crippen molar-refractivity contribution < 1.29 is 19.4 Å². The van der Waals surface area contributed by atoms with Crippen LogP contribution in [0.4, 0.5) is 4.79 Å². The lowest BCUT2D eigenvalue weighted by molar-refractivity contribution is 0.191. The highest BCUT2D eigenvalue weighted by molar-refractivity contribution is 5.65. The van der Waals surface area contributed by atoms with Crippen LogP contribution in [0, 0.1) is 13.8 Å². The summed E-state index contributed by atoms with van der Waals surface area (Å²) < 4.78 is 13.1. The number of benzene rings is 1. The Labute approximate surface area is 162 Å². The maximum absolute atomic E-state index is 10.7. The number of methoxy groups -OCH3 is 1. The van der Waals surface area contributed by atoms with E-state index < -0.39 is 6.09 Å². The SMILES string of the molecule is COc1nc(Oc2ccc([C@@H](C)NC(=O)O)cc2)cnc1-n1c(C)ccc1C. The molecule has 0 aliphatic heterocycles. The molecule has 0 aliphatic carbocycles. The zero-order chi connectivity index (χ0) is 20.3. The Morgan fingerprint density at radius 2 is 1.79 bits per heavy atom. The Bertz CT molecular complexity index is 963. The number of carboxylic acid groups (broad SMARTS) is 1. The van der Waals surface area contributed by atoms with Crippen molar-refractivity contribution in [2.75, 3.05) is 7.11 Å². The van der Waals surface area contributed by atoms with Crippen LogP contribution in [0.1, 0.15) is 29.9 Å². The number of carbonyl (C=O) groups is 1. The predicted molar refractivity (Wildman–Crippen MR) is 103 cm³/mol. The minimum absolute atomic E-state index is 0.299. The van der Waals surface area contributed by atoms with E-state index in [9.17, 15) is 4.79 Å². The van der Waals surface area contributed by atoms with Gasteiger partial charge in [-0.3, -0.25) is 4.57 Å². The molecule has 2 aromatic heterocycles. The Morgan fingerprint density at radius 1 is 1.14 bits per heavy atom. The molecule has 0 fully saturated rings. The fourth-order valence-electron chi connectivity index (χ4n) is 2.91. The van der Waals surface area contributed by atoms with Crippen molar-refractivity contribution in [1.82, 2.24) is 19.9 Å². The normalized spacial score (nSPS) is 11.7. The van der Waals surface area contributed by atoms with Gasteiger partial charge >= 0.3 is 6.09 Å². The standard InChI is InChI=1S/C20H22N4O4/c1-12-5-6-13(2)24(12)18-19(27-4)23-17(11-21-18)28-16-9-7-15(8-10-16)14(3)22-20(25)26/h5-11,14,22H,1-4H3,(H,25,26)/t14-/m1/s1. The van der Waals surface area contributed by atoms with Crippen molar-refractivity contribution in [3.63, 3.8) is 0 Å². The summed E-state index contributed by atoms with van der Waals surface area (Å²) in [7, 11) is 1.54. The summed E-state index contributed by atoms with van der Waals surface area (Å²) in [6.45, 7) is 5.74. The maximum atomic E-state index is 10.7.